The number of carbonyl (C=O) groups excluding carboxylic acids is 1. The number of anilines is 1. The third-order valence-electron chi connectivity index (χ3n) is 4.58. The van der Waals surface area contributed by atoms with Crippen molar-refractivity contribution in [2.75, 3.05) is 18.4 Å². The third kappa shape index (κ3) is 3.31. The normalized spacial score (nSPS) is 17.7. The minimum Gasteiger partial charge on any atom is -0.392 e. The van der Waals surface area contributed by atoms with Crippen LogP contribution in [-0.2, 0) is 6.54 Å². The van der Waals surface area contributed by atoms with Gasteiger partial charge in [0.2, 0.25) is 5.82 Å². The van der Waals surface area contributed by atoms with E-state index in [1.54, 1.807) is 10.5 Å². The fraction of sp³-hybridized carbons (Fsp3) is 0.316. The first-order valence-corrected chi connectivity index (χ1v) is 8.71. The molecule has 1 unspecified atom stereocenters. The van der Waals surface area contributed by atoms with Crippen molar-refractivity contribution in [2.24, 2.45) is 0 Å². The number of fused-ring (bicyclic) bond motifs is 1. The second kappa shape index (κ2) is 6.86. The molecule has 0 saturated carbocycles. The molecule has 0 aromatic carbocycles. The van der Waals surface area contributed by atoms with Crippen molar-refractivity contribution < 1.29 is 9.90 Å². The Bertz CT molecular complexity index is 952. The fourth-order valence-electron chi connectivity index (χ4n) is 3.33. The lowest BCUT2D eigenvalue weighted by atomic mass is 10.3. The molecule has 1 fully saturated rings. The fourth-order valence-corrected chi connectivity index (χ4v) is 3.33. The molecule has 3 aromatic heterocycles. The molecule has 26 heavy (non-hydrogen) atoms. The number of rotatable bonds is 4. The summed E-state index contributed by atoms with van der Waals surface area (Å²) in [6.07, 6.45) is 2.33. The maximum absolute atomic E-state index is 12.8. The monoisotopic (exact) mass is 351 g/mol. The average Bonchev–Trinajstić information content (AvgIpc) is 3.19. The lowest BCUT2D eigenvalue weighted by molar-refractivity contribution is 0.101. The molecule has 0 aliphatic carbocycles. The topological polar surface area (TPSA) is 82.8 Å². The molecule has 0 radical (unpaired) electrons. The van der Waals surface area contributed by atoms with Crippen LogP contribution >= 0.6 is 0 Å². The molecule has 2 N–H and O–H groups in total. The summed E-state index contributed by atoms with van der Waals surface area (Å²) >= 11 is 0. The van der Waals surface area contributed by atoms with E-state index >= 15 is 0 Å². The van der Waals surface area contributed by atoms with Gasteiger partial charge in [-0.3, -0.25) is 14.1 Å². The first kappa shape index (κ1) is 16.7. The molecule has 1 amide bonds. The van der Waals surface area contributed by atoms with Crippen LogP contribution in [0.2, 0.25) is 0 Å². The molecule has 3 aromatic rings. The molecule has 1 aliphatic heterocycles. The molecule has 7 heteroatoms. The van der Waals surface area contributed by atoms with Crippen LogP contribution < -0.4 is 5.32 Å². The van der Waals surface area contributed by atoms with Crippen LogP contribution in [0, 0.1) is 6.92 Å². The molecular weight excluding hydrogens is 330 g/mol. The van der Waals surface area contributed by atoms with Crippen molar-refractivity contribution in [3.05, 3.63) is 59.8 Å². The van der Waals surface area contributed by atoms with Crippen LogP contribution in [0.5, 0.6) is 0 Å². The maximum atomic E-state index is 12.8. The number of carbonyl (C=O) groups is 1. The number of β-amino-alcohol motifs (C(OH)–C–C–N with tert-alkyl or cyclic N) is 1. The standard InChI is InChI=1S/C19H21N5O2/c1-13-5-4-7-17(20-13)22-19(26)18-21-15(12-23-10-8-14(25)11-23)16-6-2-3-9-24(16)18/h2-7,9,14,25H,8,10-12H2,1H3,(H,20,22,26). The van der Waals surface area contributed by atoms with E-state index < -0.39 is 0 Å². The summed E-state index contributed by atoms with van der Waals surface area (Å²) in [5, 5.41) is 12.6. The summed E-state index contributed by atoms with van der Waals surface area (Å²) in [6.45, 7) is 3.96. The highest BCUT2D eigenvalue weighted by Gasteiger charge is 2.23. The van der Waals surface area contributed by atoms with Gasteiger partial charge in [0.05, 0.1) is 17.3 Å². The number of likely N-dealkylation sites (tertiary alicyclic amines) is 1. The van der Waals surface area contributed by atoms with Crippen LogP contribution in [0.4, 0.5) is 5.82 Å². The van der Waals surface area contributed by atoms with Crippen molar-refractivity contribution in [3.63, 3.8) is 0 Å². The van der Waals surface area contributed by atoms with Gasteiger partial charge in [-0.15, -0.1) is 0 Å². The zero-order valence-electron chi connectivity index (χ0n) is 14.6. The number of hydrogen-bond donors (Lipinski definition) is 2. The first-order chi connectivity index (χ1) is 12.6. The van der Waals surface area contributed by atoms with E-state index in [1.807, 2.05) is 43.5 Å². The Kier molecular flexibility index (Phi) is 4.40. The second-order valence-electron chi connectivity index (χ2n) is 6.63. The first-order valence-electron chi connectivity index (χ1n) is 8.71. The zero-order valence-corrected chi connectivity index (χ0v) is 14.6. The van der Waals surface area contributed by atoms with Gasteiger partial charge in [0.1, 0.15) is 5.82 Å². The summed E-state index contributed by atoms with van der Waals surface area (Å²) in [4.78, 5) is 23.8. The number of aliphatic hydroxyl groups is 1. The van der Waals surface area contributed by atoms with Gasteiger partial charge in [-0.25, -0.2) is 9.97 Å². The molecular formula is C19H21N5O2. The van der Waals surface area contributed by atoms with Gasteiger partial charge in [-0.05, 0) is 37.6 Å². The molecule has 4 heterocycles. The van der Waals surface area contributed by atoms with Crippen LogP contribution in [-0.4, -0.2) is 49.5 Å². The number of nitrogens with zero attached hydrogens (tertiary/aromatic N) is 4. The van der Waals surface area contributed by atoms with Gasteiger partial charge in [-0.2, -0.15) is 0 Å². The summed E-state index contributed by atoms with van der Waals surface area (Å²) < 4.78 is 1.80. The highest BCUT2D eigenvalue weighted by atomic mass is 16.3. The van der Waals surface area contributed by atoms with Gasteiger partial charge < -0.3 is 10.4 Å². The Morgan fingerprint density at radius 2 is 2.15 bits per heavy atom. The van der Waals surface area contributed by atoms with Gasteiger partial charge in [0, 0.05) is 31.5 Å². The Hall–Kier alpha value is -2.77. The molecule has 7 nitrogen and oxygen atoms in total. The van der Waals surface area contributed by atoms with E-state index in [0.717, 1.165) is 29.9 Å². The number of aliphatic hydroxyl groups excluding tert-OH is 1. The quantitative estimate of drug-likeness (QED) is 0.750. The van der Waals surface area contributed by atoms with Crippen molar-refractivity contribution >= 4 is 17.2 Å². The van der Waals surface area contributed by atoms with Crippen molar-refractivity contribution in [1.82, 2.24) is 19.3 Å². The van der Waals surface area contributed by atoms with Gasteiger partial charge in [-0.1, -0.05) is 12.1 Å². The third-order valence-corrected chi connectivity index (χ3v) is 4.58. The van der Waals surface area contributed by atoms with Crippen LogP contribution in [0.3, 0.4) is 0 Å². The summed E-state index contributed by atoms with van der Waals surface area (Å²) in [7, 11) is 0. The summed E-state index contributed by atoms with van der Waals surface area (Å²) in [5.74, 6) is 0.544. The van der Waals surface area contributed by atoms with E-state index in [9.17, 15) is 9.90 Å². The van der Waals surface area contributed by atoms with E-state index in [0.29, 0.717) is 24.7 Å². The van der Waals surface area contributed by atoms with E-state index in [1.165, 1.54) is 0 Å². The lowest BCUT2D eigenvalue weighted by Crippen LogP contribution is -2.22. The van der Waals surface area contributed by atoms with Crippen molar-refractivity contribution in [3.8, 4) is 0 Å². The van der Waals surface area contributed by atoms with E-state index in [-0.39, 0.29) is 12.0 Å². The second-order valence-corrected chi connectivity index (χ2v) is 6.63. The smallest absolute Gasteiger partial charge is 0.293 e. The van der Waals surface area contributed by atoms with Gasteiger partial charge in [0.15, 0.2) is 0 Å². The summed E-state index contributed by atoms with van der Waals surface area (Å²) in [6, 6.07) is 11.3. The molecule has 1 saturated heterocycles. The predicted molar refractivity (Wildman–Crippen MR) is 98.0 cm³/mol. The van der Waals surface area contributed by atoms with Crippen LogP contribution in [0.25, 0.3) is 5.52 Å². The molecule has 0 bridgehead atoms. The molecule has 1 aliphatic rings. The van der Waals surface area contributed by atoms with E-state index in [2.05, 4.69) is 20.2 Å². The predicted octanol–water partition coefficient (Wildman–Crippen LogP) is 1.86. The van der Waals surface area contributed by atoms with E-state index in [4.69, 9.17) is 0 Å². The Balaban J connectivity index is 1.63. The number of imidazole rings is 1. The number of pyridine rings is 2. The number of aromatic nitrogens is 3. The lowest BCUT2D eigenvalue weighted by Gasteiger charge is -2.12. The maximum Gasteiger partial charge on any atom is 0.293 e. The van der Waals surface area contributed by atoms with Crippen molar-refractivity contribution in [1.29, 1.82) is 0 Å². The van der Waals surface area contributed by atoms with Gasteiger partial charge >= 0.3 is 0 Å². The van der Waals surface area contributed by atoms with Crippen LogP contribution in [0.15, 0.2) is 42.6 Å². The highest BCUT2D eigenvalue weighted by molar-refractivity contribution is 6.02. The Labute approximate surface area is 151 Å². The minimum atomic E-state index is -0.294. The minimum absolute atomic E-state index is 0.279. The summed E-state index contributed by atoms with van der Waals surface area (Å²) in [5.41, 5.74) is 2.57. The molecule has 134 valence electrons. The van der Waals surface area contributed by atoms with Gasteiger partial charge in [0.25, 0.3) is 5.91 Å². The van der Waals surface area contributed by atoms with Crippen LogP contribution in [0.1, 0.15) is 28.4 Å². The Morgan fingerprint density at radius 1 is 1.27 bits per heavy atom. The SMILES string of the molecule is Cc1cccc(NC(=O)c2nc(CN3CCC(O)C3)c3ccccn23)n1. The number of amides is 1. The number of nitrogens with one attached hydrogen (secondary N) is 1. The molecule has 1 atom stereocenters. The number of hydrogen-bond acceptors (Lipinski definition) is 5. The number of aryl methyl sites for hydroxylation is 1. The molecule has 0 spiro atoms. The highest BCUT2D eigenvalue weighted by Crippen LogP contribution is 2.19. The zero-order chi connectivity index (χ0) is 18.1. The Morgan fingerprint density at radius 3 is 2.92 bits per heavy atom. The van der Waals surface area contributed by atoms with Crippen molar-refractivity contribution in [2.45, 2.75) is 26.0 Å². The average molecular weight is 351 g/mol. The molecule has 4 rings (SSSR count). The largest absolute Gasteiger partial charge is 0.392 e.